The van der Waals surface area contributed by atoms with Gasteiger partial charge in [0.2, 0.25) is 5.91 Å². The van der Waals surface area contributed by atoms with Crippen LogP contribution in [0.4, 0.5) is 0 Å². The molecule has 1 fully saturated rings. The number of amides is 1. The van der Waals surface area contributed by atoms with Gasteiger partial charge in [0, 0.05) is 19.0 Å². The maximum absolute atomic E-state index is 12.3. The van der Waals surface area contributed by atoms with Crippen LogP contribution < -0.4 is 0 Å². The highest BCUT2D eigenvalue weighted by atomic mass is 16.4. The van der Waals surface area contributed by atoms with Gasteiger partial charge in [0.25, 0.3) is 0 Å². The van der Waals surface area contributed by atoms with Crippen molar-refractivity contribution in [3.63, 3.8) is 0 Å². The van der Waals surface area contributed by atoms with Crippen molar-refractivity contribution < 1.29 is 14.7 Å². The Hall–Kier alpha value is -1.84. The van der Waals surface area contributed by atoms with Gasteiger partial charge < -0.3 is 10.0 Å². The molecule has 1 atom stereocenters. The third-order valence-corrected chi connectivity index (χ3v) is 4.21. The van der Waals surface area contributed by atoms with Gasteiger partial charge in [-0.2, -0.15) is 0 Å². The van der Waals surface area contributed by atoms with Crippen molar-refractivity contribution in [1.82, 2.24) is 4.90 Å². The van der Waals surface area contributed by atoms with Crippen LogP contribution >= 0.6 is 0 Å². The fraction of sp³-hybridized carbons (Fsp3) is 0.467. The van der Waals surface area contributed by atoms with Crippen LogP contribution in [-0.4, -0.2) is 21.9 Å². The number of benzene rings is 1. The van der Waals surface area contributed by atoms with Crippen LogP contribution in [0.25, 0.3) is 0 Å². The van der Waals surface area contributed by atoms with Crippen molar-refractivity contribution in [2.24, 2.45) is 11.8 Å². The number of aromatic carboxylic acids is 1. The Balaban J connectivity index is 1.76. The molecule has 2 aliphatic rings. The lowest BCUT2D eigenvalue weighted by atomic mass is 10.1. The van der Waals surface area contributed by atoms with E-state index in [4.69, 9.17) is 5.11 Å². The van der Waals surface area contributed by atoms with E-state index in [9.17, 15) is 9.59 Å². The SMILES string of the molecule is CC(C(=O)N1Cc2ccc(C(=O)O)cc2C1)C1CC1. The number of carboxylic acids is 1. The number of hydrogen-bond acceptors (Lipinski definition) is 2. The predicted octanol–water partition coefficient (Wildman–Crippen LogP) is 2.27. The standard InChI is InChI=1S/C15H17NO3/c1-9(10-2-3-10)14(17)16-7-12-5-4-11(15(18)19)6-13(12)8-16/h4-6,9-10H,2-3,7-8H2,1H3,(H,18,19). The van der Waals surface area contributed by atoms with Gasteiger partial charge in [-0.15, -0.1) is 0 Å². The van der Waals surface area contributed by atoms with Crippen LogP contribution in [0, 0.1) is 11.8 Å². The van der Waals surface area contributed by atoms with Gasteiger partial charge in [-0.3, -0.25) is 4.79 Å². The van der Waals surface area contributed by atoms with Gasteiger partial charge in [-0.05, 0) is 42.0 Å². The molecular formula is C15H17NO3. The van der Waals surface area contributed by atoms with Crippen LogP contribution in [0.2, 0.25) is 0 Å². The Morgan fingerprint density at radius 3 is 2.58 bits per heavy atom. The number of fused-ring (bicyclic) bond motifs is 1. The van der Waals surface area contributed by atoms with Crippen molar-refractivity contribution >= 4 is 11.9 Å². The maximum atomic E-state index is 12.3. The van der Waals surface area contributed by atoms with E-state index >= 15 is 0 Å². The van der Waals surface area contributed by atoms with E-state index in [2.05, 4.69) is 0 Å². The largest absolute Gasteiger partial charge is 0.478 e. The Kier molecular flexibility index (Phi) is 2.81. The summed E-state index contributed by atoms with van der Waals surface area (Å²) in [5.74, 6) is -0.0476. The molecule has 19 heavy (non-hydrogen) atoms. The second-order valence-corrected chi connectivity index (χ2v) is 5.61. The first kappa shape index (κ1) is 12.2. The van der Waals surface area contributed by atoms with Crippen LogP contribution in [-0.2, 0) is 17.9 Å². The summed E-state index contributed by atoms with van der Waals surface area (Å²) in [6, 6.07) is 5.13. The van der Waals surface area contributed by atoms with Gasteiger partial charge in [-0.25, -0.2) is 4.79 Å². The molecule has 0 saturated heterocycles. The quantitative estimate of drug-likeness (QED) is 0.906. The highest BCUT2D eigenvalue weighted by Gasteiger charge is 2.36. The molecule has 3 rings (SSSR count). The van der Waals surface area contributed by atoms with E-state index in [1.165, 1.54) is 0 Å². The highest BCUT2D eigenvalue weighted by molar-refractivity contribution is 5.88. The Morgan fingerprint density at radius 1 is 1.26 bits per heavy atom. The normalized spacial score (nSPS) is 19.1. The molecule has 0 spiro atoms. The molecule has 1 aromatic rings. The van der Waals surface area contributed by atoms with E-state index in [0.717, 1.165) is 24.0 Å². The van der Waals surface area contributed by atoms with E-state index < -0.39 is 5.97 Å². The molecule has 1 heterocycles. The van der Waals surface area contributed by atoms with Crippen LogP contribution in [0.3, 0.4) is 0 Å². The average Bonchev–Trinajstić information content (AvgIpc) is 3.15. The lowest BCUT2D eigenvalue weighted by Crippen LogP contribution is -2.31. The Bertz CT molecular complexity index is 548. The first-order valence-corrected chi connectivity index (χ1v) is 6.70. The molecule has 1 unspecified atom stereocenters. The summed E-state index contributed by atoms with van der Waals surface area (Å²) in [6.45, 7) is 3.17. The Labute approximate surface area is 112 Å². The molecule has 1 aliphatic heterocycles. The fourth-order valence-electron chi connectivity index (χ4n) is 2.77. The van der Waals surface area contributed by atoms with E-state index in [-0.39, 0.29) is 11.8 Å². The fourth-order valence-corrected chi connectivity index (χ4v) is 2.77. The minimum atomic E-state index is -0.918. The number of hydrogen-bond donors (Lipinski definition) is 1. The first-order chi connectivity index (χ1) is 9.06. The van der Waals surface area contributed by atoms with Gasteiger partial charge in [-0.1, -0.05) is 13.0 Å². The third-order valence-electron chi connectivity index (χ3n) is 4.21. The Morgan fingerprint density at radius 2 is 1.95 bits per heavy atom. The molecular weight excluding hydrogens is 242 g/mol. The van der Waals surface area contributed by atoms with Crippen molar-refractivity contribution in [3.8, 4) is 0 Å². The topological polar surface area (TPSA) is 57.6 Å². The summed E-state index contributed by atoms with van der Waals surface area (Å²) in [7, 11) is 0. The van der Waals surface area contributed by atoms with E-state index in [1.807, 2.05) is 17.9 Å². The molecule has 1 amide bonds. The molecule has 100 valence electrons. The summed E-state index contributed by atoms with van der Waals surface area (Å²) >= 11 is 0. The number of rotatable bonds is 3. The second kappa shape index (κ2) is 4.37. The molecule has 1 N–H and O–H groups in total. The summed E-state index contributed by atoms with van der Waals surface area (Å²) in [5, 5.41) is 8.98. The van der Waals surface area contributed by atoms with Crippen molar-refractivity contribution in [1.29, 1.82) is 0 Å². The summed E-state index contributed by atoms with van der Waals surface area (Å²) in [5.41, 5.74) is 2.33. The van der Waals surface area contributed by atoms with Gasteiger partial charge in [0.15, 0.2) is 0 Å². The zero-order valence-electron chi connectivity index (χ0n) is 10.9. The number of carbonyl (C=O) groups excluding carboxylic acids is 1. The minimum absolute atomic E-state index is 0.105. The van der Waals surface area contributed by atoms with Crippen molar-refractivity contribution in [2.45, 2.75) is 32.9 Å². The van der Waals surface area contributed by atoms with Crippen molar-refractivity contribution in [3.05, 3.63) is 34.9 Å². The zero-order chi connectivity index (χ0) is 13.6. The number of carboxylic acid groups (broad SMARTS) is 1. The minimum Gasteiger partial charge on any atom is -0.478 e. The first-order valence-electron chi connectivity index (χ1n) is 6.70. The number of carbonyl (C=O) groups is 2. The van der Waals surface area contributed by atoms with E-state index in [1.54, 1.807) is 12.1 Å². The van der Waals surface area contributed by atoms with Gasteiger partial charge in [0.1, 0.15) is 0 Å². The molecule has 0 aromatic heterocycles. The molecule has 4 heteroatoms. The second-order valence-electron chi connectivity index (χ2n) is 5.61. The molecule has 4 nitrogen and oxygen atoms in total. The molecule has 0 radical (unpaired) electrons. The summed E-state index contributed by atoms with van der Waals surface area (Å²) in [4.78, 5) is 25.1. The van der Waals surface area contributed by atoms with Crippen LogP contribution in [0.1, 0.15) is 41.3 Å². The van der Waals surface area contributed by atoms with Gasteiger partial charge in [0.05, 0.1) is 5.56 Å². The van der Waals surface area contributed by atoms with Crippen LogP contribution in [0.5, 0.6) is 0 Å². The monoisotopic (exact) mass is 259 g/mol. The van der Waals surface area contributed by atoms with Crippen LogP contribution in [0.15, 0.2) is 18.2 Å². The summed E-state index contributed by atoms with van der Waals surface area (Å²) < 4.78 is 0. The van der Waals surface area contributed by atoms with E-state index in [0.29, 0.717) is 24.6 Å². The molecule has 0 bridgehead atoms. The van der Waals surface area contributed by atoms with Gasteiger partial charge >= 0.3 is 5.97 Å². The molecule has 1 aromatic carbocycles. The highest BCUT2D eigenvalue weighted by Crippen LogP contribution is 2.38. The maximum Gasteiger partial charge on any atom is 0.335 e. The smallest absolute Gasteiger partial charge is 0.335 e. The molecule has 1 aliphatic carbocycles. The lowest BCUT2D eigenvalue weighted by Gasteiger charge is -2.20. The zero-order valence-corrected chi connectivity index (χ0v) is 10.9. The lowest BCUT2D eigenvalue weighted by molar-refractivity contribution is -0.136. The third kappa shape index (κ3) is 2.23. The van der Waals surface area contributed by atoms with Crippen molar-refractivity contribution in [2.75, 3.05) is 0 Å². The average molecular weight is 259 g/mol. The predicted molar refractivity (Wildman–Crippen MR) is 69.5 cm³/mol. The molecule has 1 saturated carbocycles. The summed E-state index contributed by atoms with van der Waals surface area (Å²) in [6.07, 6.45) is 2.33. The number of nitrogens with zero attached hydrogens (tertiary/aromatic N) is 1.